The molecule has 7 heteroatoms. The lowest BCUT2D eigenvalue weighted by Crippen LogP contribution is -2.36. The summed E-state index contributed by atoms with van der Waals surface area (Å²) in [6.45, 7) is 0. The molecule has 2 rings (SSSR count). The van der Waals surface area contributed by atoms with Crippen molar-refractivity contribution in [1.29, 1.82) is 0 Å². The Morgan fingerprint density at radius 2 is 1.88 bits per heavy atom. The first kappa shape index (κ1) is 18.6. The molecule has 1 aliphatic carbocycles. The van der Waals surface area contributed by atoms with E-state index in [1.54, 1.807) is 19.0 Å². The minimum absolute atomic E-state index is 0.181. The second kappa shape index (κ2) is 7.01. The van der Waals surface area contributed by atoms with E-state index in [1.165, 1.54) is 12.1 Å². The molecule has 2 N–H and O–H groups in total. The van der Waals surface area contributed by atoms with Gasteiger partial charge in [0.25, 0.3) is 0 Å². The van der Waals surface area contributed by atoms with Crippen LogP contribution in [-0.4, -0.2) is 30.7 Å². The lowest BCUT2D eigenvalue weighted by atomic mass is 9.82. The van der Waals surface area contributed by atoms with Crippen LogP contribution >= 0.6 is 0 Å². The van der Waals surface area contributed by atoms with Gasteiger partial charge in [-0.3, -0.25) is 4.79 Å². The molecule has 1 aromatic rings. The van der Waals surface area contributed by atoms with Crippen molar-refractivity contribution in [3.63, 3.8) is 0 Å². The molecule has 1 amide bonds. The Kier molecular flexibility index (Phi) is 5.42. The largest absolute Gasteiger partial charge is 0.418 e. The maximum atomic E-state index is 13.3. The summed E-state index contributed by atoms with van der Waals surface area (Å²) in [4.78, 5) is 13.7. The highest BCUT2D eigenvalue weighted by molar-refractivity contribution is 5.92. The van der Waals surface area contributed by atoms with Crippen LogP contribution in [0.3, 0.4) is 0 Å². The van der Waals surface area contributed by atoms with Gasteiger partial charge < -0.3 is 15.3 Å². The number of alkyl halides is 3. The van der Waals surface area contributed by atoms with Crippen molar-refractivity contribution in [1.82, 2.24) is 0 Å². The Bertz CT molecular complexity index is 594. The minimum Gasteiger partial charge on any atom is -0.389 e. The van der Waals surface area contributed by atoms with Crippen molar-refractivity contribution in [2.45, 2.75) is 50.3 Å². The van der Waals surface area contributed by atoms with Crippen LogP contribution in [0.4, 0.5) is 24.5 Å². The molecule has 0 saturated heterocycles. The van der Waals surface area contributed by atoms with E-state index in [9.17, 15) is 23.1 Å². The summed E-state index contributed by atoms with van der Waals surface area (Å²) in [6, 6.07) is 3.77. The summed E-state index contributed by atoms with van der Waals surface area (Å²) in [5.74, 6) is -0.595. The van der Waals surface area contributed by atoms with Gasteiger partial charge in [-0.25, -0.2) is 0 Å². The second-order valence-electron chi connectivity index (χ2n) is 6.63. The van der Waals surface area contributed by atoms with Gasteiger partial charge in [-0.2, -0.15) is 13.2 Å². The van der Waals surface area contributed by atoms with Crippen LogP contribution in [0.5, 0.6) is 0 Å². The average molecular weight is 344 g/mol. The van der Waals surface area contributed by atoms with Crippen molar-refractivity contribution in [2.75, 3.05) is 24.3 Å². The molecule has 0 unspecified atom stereocenters. The highest BCUT2D eigenvalue weighted by Gasteiger charge is 2.36. The van der Waals surface area contributed by atoms with E-state index in [1.807, 2.05) is 0 Å². The minimum atomic E-state index is -4.57. The van der Waals surface area contributed by atoms with Crippen LogP contribution in [0.1, 0.15) is 44.1 Å². The topological polar surface area (TPSA) is 52.6 Å². The number of nitrogens with zero attached hydrogens (tertiary/aromatic N) is 1. The van der Waals surface area contributed by atoms with Crippen molar-refractivity contribution >= 4 is 17.3 Å². The molecule has 0 bridgehead atoms. The molecule has 1 fully saturated rings. The van der Waals surface area contributed by atoms with Crippen LogP contribution < -0.4 is 10.2 Å². The molecule has 0 heterocycles. The van der Waals surface area contributed by atoms with Crippen LogP contribution in [-0.2, 0) is 11.0 Å². The van der Waals surface area contributed by atoms with Gasteiger partial charge in [0.1, 0.15) is 0 Å². The van der Waals surface area contributed by atoms with Gasteiger partial charge in [-0.05, 0) is 31.0 Å². The zero-order valence-electron chi connectivity index (χ0n) is 13.9. The lowest BCUT2D eigenvalue weighted by Gasteiger charge is -2.31. The Morgan fingerprint density at radius 1 is 1.25 bits per heavy atom. The first-order valence-electron chi connectivity index (χ1n) is 8.01. The molecule has 134 valence electrons. The molecule has 4 nitrogen and oxygen atoms in total. The van der Waals surface area contributed by atoms with Crippen molar-refractivity contribution < 1.29 is 23.1 Å². The summed E-state index contributed by atoms with van der Waals surface area (Å²) in [7, 11) is 3.29. The van der Waals surface area contributed by atoms with E-state index < -0.39 is 23.2 Å². The van der Waals surface area contributed by atoms with E-state index in [0.29, 0.717) is 18.5 Å². The van der Waals surface area contributed by atoms with Crippen LogP contribution in [0, 0.1) is 0 Å². The zero-order chi connectivity index (χ0) is 18.0. The Hall–Kier alpha value is -1.76. The maximum absolute atomic E-state index is 13.3. The summed E-state index contributed by atoms with van der Waals surface area (Å²) in [5.41, 5.74) is -1.88. The monoisotopic (exact) mass is 344 g/mol. The van der Waals surface area contributed by atoms with Gasteiger partial charge >= 0.3 is 6.18 Å². The molecule has 0 aromatic heterocycles. The van der Waals surface area contributed by atoms with Crippen LogP contribution in [0.25, 0.3) is 0 Å². The molecule has 1 saturated carbocycles. The van der Waals surface area contributed by atoms with Gasteiger partial charge in [-0.1, -0.05) is 19.3 Å². The summed E-state index contributed by atoms with van der Waals surface area (Å²) in [6.07, 6.45) is -1.08. The molecule has 1 aliphatic rings. The van der Waals surface area contributed by atoms with Gasteiger partial charge in [0.05, 0.1) is 23.3 Å². The molecule has 0 atom stereocenters. The van der Waals surface area contributed by atoms with Gasteiger partial charge in [0.2, 0.25) is 5.91 Å². The average Bonchev–Trinajstić information content (AvgIpc) is 2.46. The van der Waals surface area contributed by atoms with E-state index in [4.69, 9.17) is 0 Å². The third kappa shape index (κ3) is 4.63. The summed E-state index contributed by atoms with van der Waals surface area (Å²) in [5, 5.41) is 12.7. The molecule has 1 aromatic carbocycles. The Balaban J connectivity index is 2.17. The summed E-state index contributed by atoms with van der Waals surface area (Å²) >= 11 is 0. The first-order chi connectivity index (χ1) is 11.1. The second-order valence-corrected chi connectivity index (χ2v) is 6.63. The molecule has 0 aliphatic heterocycles. The van der Waals surface area contributed by atoms with E-state index >= 15 is 0 Å². The number of benzene rings is 1. The van der Waals surface area contributed by atoms with Crippen molar-refractivity contribution in [3.05, 3.63) is 23.8 Å². The van der Waals surface area contributed by atoms with Gasteiger partial charge in [0.15, 0.2) is 0 Å². The van der Waals surface area contributed by atoms with Crippen LogP contribution in [0.15, 0.2) is 18.2 Å². The molecule has 24 heavy (non-hydrogen) atoms. The number of rotatable bonds is 4. The molecule has 0 radical (unpaired) electrons. The van der Waals surface area contributed by atoms with Crippen molar-refractivity contribution in [3.8, 4) is 0 Å². The number of carbonyl (C=O) groups is 1. The fraction of sp³-hybridized carbons (Fsp3) is 0.588. The number of nitrogens with one attached hydrogen (secondary N) is 1. The molecule has 0 spiro atoms. The maximum Gasteiger partial charge on any atom is 0.418 e. The number of aliphatic hydroxyl groups is 1. The highest BCUT2D eigenvalue weighted by atomic mass is 19.4. The van der Waals surface area contributed by atoms with Crippen molar-refractivity contribution in [2.24, 2.45) is 0 Å². The number of halogens is 3. The normalized spacial score (nSPS) is 17.4. The van der Waals surface area contributed by atoms with E-state index in [0.717, 1.165) is 25.3 Å². The predicted molar refractivity (Wildman–Crippen MR) is 87.1 cm³/mol. The van der Waals surface area contributed by atoms with E-state index in [-0.39, 0.29) is 12.1 Å². The predicted octanol–water partition coefficient (Wildman–Crippen LogP) is 3.80. The fourth-order valence-electron chi connectivity index (χ4n) is 3.03. The third-order valence-electron chi connectivity index (χ3n) is 4.37. The third-order valence-corrected chi connectivity index (χ3v) is 4.37. The van der Waals surface area contributed by atoms with Gasteiger partial charge in [0, 0.05) is 19.8 Å². The Labute approximate surface area is 139 Å². The Morgan fingerprint density at radius 3 is 2.42 bits per heavy atom. The van der Waals surface area contributed by atoms with E-state index in [2.05, 4.69) is 5.32 Å². The fourth-order valence-corrected chi connectivity index (χ4v) is 3.03. The molecular formula is C17H23F3N2O2. The highest BCUT2D eigenvalue weighted by Crippen LogP contribution is 2.37. The number of amides is 1. The number of hydrogen-bond acceptors (Lipinski definition) is 3. The number of carbonyl (C=O) groups excluding carboxylic acids is 1. The molecular weight excluding hydrogens is 321 g/mol. The van der Waals surface area contributed by atoms with Gasteiger partial charge in [-0.15, -0.1) is 0 Å². The smallest absolute Gasteiger partial charge is 0.389 e. The quantitative estimate of drug-likeness (QED) is 0.874. The number of anilines is 2. The number of hydrogen-bond donors (Lipinski definition) is 2. The standard InChI is InChI=1S/C17H23F3N2O2/c1-22(2)12-6-7-14(13(10-12)17(18,19)20)21-15(23)11-16(24)8-4-3-5-9-16/h6-7,10,24H,3-5,8-9,11H2,1-2H3,(H,21,23). The SMILES string of the molecule is CN(C)c1ccc(NC(=O)CC2(O)CCCCC2)c(C(F)(F)F)c1. The first-order valence-corrected chi connectivity index (χ1v) is 8.01. The zero-order valence-corrected chi connectivity index (χ0v) is 13.9. The van der Waals surface area contributed by atoms with Crippen LogP contribution in [0.2, 0.25) is 0 Å². The lowest BCUT2D eigenvalue weighted by molar-refractivity contribution is -0.137. The summed E-state index contributed by atoms with van der Waals surface area (Å²) < 4.78 is 39.8.